The number of carbonyl (C=O) groups is 3. The molecular weight excluding hydrogens is 447 g/mol. The Morgan fingerprint density at radius 1 is 0.938 bits per heavy atom. The van der Waals surface area contributed by atoms with Crippen LogP contribution in [0.5, 0.6) is 0 Å². The van der Waals surface area contributed by atoms with Crippen LogP contribution >= 0.6 is 23.2 Å². The van der Waals surface area contributed by atoms with Crippen molar-refractivity contribution in [2.24, 2.45) is 17.3 Å². The van der Waals surface area contributed by atoms with Crippen LogP contribution in [0.15, 0.2) is 48.7 Å². The number of rotatable bonds is 2. The van der Waals surface area contributed by atoms with Crippen LogP contribution in [0.25, 0.3) is 6.08 Å². The molecule has 5 nitrogen and oxygen atoms in total. The fourth-order valence-electron chi connectivity index (χ4n) is 5.22. The smallest absolute Gasteiger partial charge is 0.240 e. The highest BCUT2D eigenvalue weighted by molar-refractivity contribution is 6.35. The van der Waals surface area contributed by atoms with Crippen LogP contribution in [0.4, 0.5) is 5.69 Å². The number of carbonyl (C=O) groups excluding carboxylic acids is 3. The van der Waals surface area contributed by atoms with Crippen LogP contribution in [0.2, 0.25) is 10.0 Å². The van der Waals surface area contributed by atoms with E-state index in [1.807, 2.05) is 62.2 Å². The predicted octanol–water partition coefficient (Wildman–Crippen LogP) is 5.12. The summed E-state index contributed by atoms with van der Waals surface area (Å²) in [6, 6.07) is 11.3. The molecule has 3 aliphatic rings. The molecule has 3 heterocycles. The standard InChI is InChI=1S/C25H22Cl2N2O3/c1-25(2,3)22(30)21-19-18(20-17-7-5-4-6-13(17)8-9-28(20)21)23(31)29(24(19)32)16-11-14(26)10-15(27)12-16/h4-12,18-21H,1-3H3/t18-,19+,20+,21-/m0/s1. The molecule has 7 heteroatoms. The summed E-state index contributed by atoms with van der Waals surface area (Å²) in [5.74, 6) is -2.24. The van der Waals surface area contributed by atoms with E-state index in [1.165, 1.54) is 0 Å². The van der Waals surface area contributed by atoms with Crippen molar-refractivity contribution in [3.8, 4) is 0 Å². The highest BCUT2D eigenvalue weighted by Crippen LogP contribution is 2.54. The summed E-state index contributed by atoms with van der Waals surface area (Å²) in [7, 11) is 0. The molecule has 0 N–H and O–H groups in total. The molecule has 0 unspecified atom stereocenters. The van der Waals surface area contributed by atoms with E-state index in [4.69, 9.17) is 23.2 Å². The maximum absolute atomic E-state index is 13.8. The molecule has 2 amide bonds. The zero-order valence-electron chi connectivity index (χ0n) is 17.9. The lowest BCUT2D eigenvalue weighted by molar-refractivity contribution is -0.135. The number of Topliss-reactive ketones (excluding diaryl/α,β-unsaturated/α-hetero) is 1. The molecular formula is C25H22Cl2N2O3. The summed E-state index contributed by atoms with van der Waals surface area (Å²) in [5, 5.41) is 0.667. The molecule has 0 spiro atoms. The van der Waals surface area contributed by atoms with Crippen LogP contribution in [-0.2, 0) is 14.4 Å². The fraction of sp³-hybridized carbons (Fsp3) is 0.320. The Kier molecular flexibility index (Phi) is 4.77. The van der Waals surface area contributed by atoms with E-state index < -0.39 is 29.3 Å². The fourth-order valence-corrected chi connectivity index (χ4v) is 5.74. The molecule has 5 rings (SSSR count). The van der Waals surface area contributed by atoms with E-state index in [-0.39, 0.29) is 17.6 Å². The van der Waals surface area contributed by atoms with Gasteiger partial charge in [0.05, 0.1) is 23.6 Å². The number of halogens is 2. The Morgan fingerprint density at radius 2 is 1.56 bits per heavy atom. The Morgan fingerprint density at radius 3 is 2.22 bits per heavy atom. The minimum absolute atomic E-state index is 0.0637. The van der Waals surface area contributed by atoms with Gasteiger partial charge in [-0.3, -0.25) is 14.4 Å². The van der Waals surface area contributed by atoms with Crippen molar-refractivity contribution in [1.29, 1.82) is 0 Å². The monoisotopic (exact) mass is 468 g/mol. The molecule has 2 fully saturated rings. The van der Waals surface area contributed by atoms with E-state index in [9.17, 15) is 14.4 Å². The van der Waals surface area contributed by atoms with Crippen LogP contribution in [-0.4, -0.2) is 28.5 Å². The van der Waals surface area contributed by atoms with Gasteiger partial charge in [0, 0.05) is 21.7 Å². The highest BCUT2D eigenvalue weighted by Gasteiger charge is 2.65. The van der Waals surface area contributed by atoms with Crippen molar-refractivity contribution in [2.45, 2.75) is 32.9 Å². The molecule has 0 aromatic heterocycles. The largest absolute Gasteiger partial charge is 0.359 e. The van der Waals surface area contributed by atoms with Crippen molar-refractivity contribution in [3.05, 3.63) is 69.8 Å². The predicted molar refractivity (Wildman–Crippen MR) is 124 cm³/mol. The molecule has 2 aromatic rings. The van der Waals surface area contributed by atoms with Gasteiger partial charge in [-0.1, -0.05) is 68.2 Å². The van der Waals surface area contributed by atoms with Crippen molar-refractivity contribution in [2.75, 3.05) is 4.90 Å². The van der Waals surface area contributed by atoms with Gasteiger partial charge in [0.1, 0.15) is 6.04 Å². The Bertz CT molecular complexity index is 1180. The van der Waals surface area contributed by atoms with Gasteiger partial charge in [-0.05, 0) is 35.4 Å². The van der Waals surface area contributed by atoms with Gasteiger partial charge in [-0.2, -0.15) is 0 Å². The van der Waals surface area contributed by atoms with Gasteiger partial charge in [-0.25, -0.2) is 4.90 Å². The lowest BCUT2D eigenvalue weighted by Gasteiger charge is -2.37. The number of benzene rings is 2. The van der Waals surface area contributed by atoms with Gasteiger partial charge in [0.15, 0.2) is 5.78 Å². The second kappa shape index (κ2) is 7.19. The molecule has 4 atom stereocenters. The lowest BCUT2D eigenvalue weighted by Crippen LogP contribution is -2.47. The number of amides is 2. The van der Waals surface area contributed by atoms with E-state index >= 15 is 0 Å². The average Bonchev–Trinajstić information content (AvgIpc) is 3.19. The Hall–Kier alpha value is -2.63. The summed E-state index contributed by atoms with van der Waals surface area (Å²) < 4.78 is 0. The van der Waals surface area contributed by atoms with Gasteiger partial charge in [-0.15, -0.1) is 0 Å². The number of anilines is 1. The first-order chi connectivity index (χ1) is 15.1. The van der Waals surface area contributed by atoms with E-state index in [1.54, 1.807) is 18.2 Å². The van der Waals surface area contributed by atoms with Crippen molar-refractivity contribution >= 4 is 52.6 Å². The summed E-state index contributed by atoms with van der Waals surface area (Å²) in [4.78, 5) is 44.2. The third-order valence-electron chi connectivity index (χ3n) is 6.57. The number of hydrogen-bond acceptors (Lipinski definition) is 4. The van der Waals surface area contributed by atoms with Crippen molar-refractivity contribution in [1.82, 2.24) is 4.90 Å². The van der Waals surface area contributed by atoms with E-state index in [0.29, 0.717) is 15.7 Å². The van der Waals surface area contributed by atoms with Crippen molar-refractivity contribution in [3.63, 3.8) is 0 Å². The summed E-state index contributed by atoms with van der Waals surface area (Å²) in [5.41, 5.74) is 1.59. The average molecular weight is 469 g/mol. The third-order valence-corrected chi connectivity index (χ3v) is 7.01. The minimum Gasteiger partial charge on any atom is -0.359 e. The zero-order chi connectivity index (χ0) is 22.9. The first kappa shape index (κ1) is 21.2. The van der Waals surface area contributed by atoms with Crippen LogP contribution in [0.3, 0.4) is 0 Å². The van der Waals surface area contributed by atoms with Crippen LogP contribution < -0.4 is 4.90 Å². The second-order valence-corrected chi connectivity index (χ2v) is 10.5. The van der Waals surface area contributed by atoms with Crippen LogP contribution in [0, 0.1) is 17.3 Å². The lowest BCUT2D eigenvalue weighted by atomic mass is 9.79. The van der Waals surface area contributed by atoms with Crippen LogP contribution in [0.1, 0.15) is 37.9 Å². The molecule has 3 aliphatic heterocycles. The van der Waals surface area contributed by atoms with E-state index in [2.05, 4.69) is 0 Å². The Labute approximate surface area is 196 Å². The second-order valence-electron chi connectivity index (χ2n) is 9.59. The minimum atomic E-state index is -0.784. The molecule has 32 heavy (non-hydrogen) atoms. The molecule has 0 radical (unpaired) electrons. The number of imide groups is 1. The molecule has 0 aliphatic carbocycles. The molecule has 164 valence electrons. The van der Waals surface area contributed by atoms with Crippen molar-refractivity contribution < 1.29 is 14.4 Å². The van der Waals surface area contributed by atoms with Gasteiger partial charge in [0.25, 0.3) is 0 Å². The highest BCUT2D eigenvalue weighted by atomic mass is 35.5. The molecule has 2 aromatic carbocycles. The van der Waals surface area contributed by atoms with E-state index in [0.717, 1.165) is 16.0 Å². The maximum Gasteiger partial charge on any atom is 0.240 e. The van der Waals surface area contributed by atoms with Gasteiger partial charge in [0.2, 0.25) is 11.8 Å². The zero-order valence-corrected chi connectivity index (χ0v) is 19.4. The number of nitrogens with zero attached hydrogens (tertiary/aromatic N) is 2. The first-order valence-electron chi connectivity index (χ1n) is 10.5. The third kappa shape index (κ3) is 3.02. The maximum atomic E-state index is 13.8. The number of hydrogen-bond donors (Lipinski definition) is 0. The summed E-state index contributed by atoms with van der Waals surface area (Å²) >= 11 is 12.3. The molecule has 0 bridgehead atoms. The molecule has 0 saturated carbocycles. The van der Waals surface area contributed by atoms with Gasteiger partial charge >= 0.3 is 0 Å². The molecule has 2 saturated heterocycles. The summed E-state index contributed by atoms with van der Waals surface area (Å²) in [6.45, 7) is 5.53. The number of ketones is 1. The normalized spacial score (nSPS) is 26.3. The quantitative estimate of drug-likeness (QED) is 0.573. The van der Waals surface area contributed by atoms with Gasteiger partial charge < -0.3 is 4.90 Å². The SMILES string of the molecule is CC(C)(C)C(=O)[C@@H]1[C@@H]2C(=O)N(c3cc(Cl)cc(Cl)c3)C(=O)[C@@H]2[C@H]2c3ccccc3C=CN12. The first-order valence-corrected chi connectivity index (χ1v) is 11.3. The summed E-state index contributed by atoms with van der Waals surface area (Å²) in [6.07, 6.45) is 3.81. The Balaban J connectivity index is 1.68. The topological polar surface area (TPSA) is 57.7 Å². The number of fused-ring (bicyclic) bond motifs is 5.